The summed E-state index contributed by atoms with van der Waals surface area (Å²) in [6.45, 7) is 1.88. The van der Waals surface area contributed by atoms with E-state index in [1.54, 1.807) is 18.2 Å². The van der Waals surface area contributed by atoms with Crippen LogP contribution >= 0.6 is 11.6 Å². The number of sulfonamides is 1. The number of nitrogens with zero attached hydrogens (tertiary/aromatic N) is 1. The normalized spacial score (nSPS) is 11.4. The van der Waals surface area contributed by atoms with Crippen molar-refractivity contribution in [1.29, 1.82) is 0 Å². The van der Waals surface area contributed by atoms with Gasteiger partial charge in [-0.15, -0.1) is 0 Å². The molecule has 140 valence electrons. The Bertz CT molecular complexity index is 1160. The maximum atomic E-state index is 13.2. The van der Waals surface area contributed by atoms with Gasteiger partial charge >= 0.3 is 0 Å². The van der Waals surface area contributed by atoms with E-state index in [-0.39, 0.29) is 21.2 Å². The van der Waals surface area contributed by atoms with E-state index < -0.39 is 15.8 Å². The van der Waals surface area contributed by atoms with Crippen LogP contribution in [0, 0.1) is 5.82 Å². The van der Waals surface area contributed by atoms with Gasteiger partial charge in [-0.2, -0.15) is 0 Å². The molecule has 3 aromatic rings. The Morgan fingerprint density at radius 3 is 2.67 bits per heavy atom. The molecule has 0 aliphatic rings. The van der Waals surface area contributed by atoms with Crippen LogP contribution in [0.2, 0.25) is 5.02 Å². The molecular formula is C18H15ClFN3O3S. The molecule has 2 aromatic carbocycles. The van der Waals surface area contributed by atoms with Gasteiger partial charge in [0.15, 0.2) is 0 Å². The van der Waals surface area contributed by atoms with Gasteiger partial charge in [0.25, 0.3) is 15.6 Å². The summed E-state index contributed by atoms with van der Waals surface area (Å²) in [4.78, 5) is 18.5. The topological polar surface area (TPSA) is 91.9 Å². The zero-order valence-electron chi connectivity index (χ0n) is 14.2. The van der Waals surface area contributed by atoms with E-state index in [4.69, 9.17) is 11.6 Å². The molecule has 0 unspecified atom stereocenters. The van der Waals surface area contributed by atoms with Crippen molar-refractivity contribution in [3.63, 3.8) is 0 Å². The summed E-state index contributed by atoms with van der Waals surface area (Å²) in [6, 6.07) is 10.8. The molecule has 0 aliphatic carbocycles. The minimum atomic E-state index is -4.02. The van der Waals surface area contributed by atoms with Gasteiger partial charge in [-0.1, -0.05) is 30.7 Å². The first-order valence-electron chi connectivity index (χ1n) is 7.97. The molecule has 1 heterocycles. The second-order valence-corrected chi connectivity index (χ2v) is 7.76. The number of aryl methyl sites for hydroxylation is 1. The number of nitrogens with one attached hydrogen (secondary N) is 2. The largest absolute Gasteiger partial charge is 0.307 e. The van der Waals surface area contributed by atoms with Crippen LogP contribution in [-0.2, 0) is 16.4 Å². The highest BCUT2D eigenvalue weighted by atomic mass is 35.5. The number of anilines is 1. The highest BCUT2D eigenvalue weighted by Crippen LogP contribution is 2.26. The molecule has 0 radical (unpaired) electrons. The average Bonchev–Trinajstić information content (AvgIpc) is 2.60. The molecule has 0 bridgehead atoms. The van der Waals surface area contributed by atoms with Gasteiger partial charge in [-0.05, 0) is 36.8 Å². The fourth-order valence-corrected chi connectivity index (χ4v) is 4.04. The third-order valence-electron chi connectivity index (χ3n) is 3.73. The van der Waals surface area contributed by atoms with Crippen molar-refractivity contribution in [2.24, 2.45) is 0 Å². The molecule has 0 saturated heterocycles. The van der Waals surface area contributed by atoms with Crippen molar-refractivity contribution >= 4 is 27.3 Å². The van der Waals surface area contributed by atoms with Gasteiger partial charge in [-0.25, -0.2) is 17.8 Å². The van der Waals surface area contributed by atoms with Crippen LogP contribution in [0.25, 0.3) is 11.4 Å². The lowest BCUT2D eigenvalue weighted by molar-refractivity contribution is 0.600. The lowest BCUT2D eigenvalue weighted by Crippen LogP contribution is -2.14. The molecule has 0 fully saturated rings. The van der Waals surface area contributed by atoms with E-state index in [2.05, 4.69) is 14.7 Å². The maximum absolute atomic E-state index is 13.2. The van der Waals surface area contributed by atoms with Crippen molar-refractivity contribution in [1.82, 2.24) is 9.97 Å². The van der Waals surface area contributed by atoms with E-state index in [1.165, 1.54) is 12.1 Å². The van der Waals surface area contributed by atoms with Crippen molar-refractivity contribution in [2.45, 2.75) is 18.2 Å². The lowest BCUT2D eigenvalue weighted by Gasteiger charge is -2.11. The van der Waals surface area contributed by atoms with Crippen LogP contribution in [0.15, 0.2) is 58.2 Å². The number of aromatic amines is 1. The monoisotopic (exact) mass is 407 g/mol. The Balaban J connectivity index is 1.96. The minimum absolute atomic E-state index is 0.222. The van der Waals surface area contributed by atoms with Crippen molar-refractivity contribution in [2.75, 3.05) is 4.72 Å². The van der Waals surface area contributed by atoms with Crippen molar-refractivity contribution in [3.8, 4) is 11.4 Å². The molecule has 6 nitrogen and oxygen atoms in total. The highest BCUT2D eigenvalue weighted by Gasteiger charge is 2.19. The Kier molecular flexibility index (Phi) is 5.29. The third kappa shape index (κ3) is 4.35. The number of hydrogen-bond acceptors (Lipinski definition) is 4. The van der Waals surface area contributed by atoms with Gasteiger partial charge in [-0.3, -0.25) is 9.52 Å². The van der Waals surface area contributed by atoms with E-state index in [1.807, 2.05) is 6.92 Å². The van der Waals surface area contributed by atoms with Gasteiger partial charge in [0, 0.05) is 23.0 Å². The summed E-state index contributed by atoms with van der Waals surface area (Å²) in [5.41, 5.74) is 1.11. The van der Waals surface area contributed by atoms with Crippen LogP contribution in [-0.4, -0.2) is 18.4 Å². The fourth-order valence-electron chi connectivity index (χ4n) is 2.46. The smallest absolute Gasteiger partial charge is 0.263 e. The van der Waals surface area contributed by atoms with Crippen LogP contribution in [0.4, 0.5) is 10.1 Å². The molecule has 9 heteroatoms. The second-order valence-electron chi connectivity index (χ2n) is 5.70. The van der Waals surface area contributed by atoms with Gasteiger partial charge in [0.1, 0.15) is 16.5 Å². The Morgan fingerprint density at radius 1 is 1.19 bits per heavy atom. The Hall–Kier alpha value is -2.71. The number of aromatic nitrogens is 2. The summed E-state index contributed by atoms with van der Waals surface area (Å²) in [5, 5.41) is -0.222. The molecule has 1 aromatic heterocycles. The first-order valence-corrected chi connectivity index (χ1v) is 9.83. The molecule has 27 heavy (non-hydrogen) atoms. The fraction of sp³-hybridized carbons (Fsp3) is 0.111. The predicted molar refractivity (Wildman–Crippen MR) is 102 cm³/mol. The molecular weight excluding hydrogens is 393 g/mol. The molecule has 0 aliphatic heterocycles. The zero-order valence-corrected chi connectivity index (χ0v) is 15.7. The third-order valence-corrected chi connectivity index (χ3v) is 5.59. The Morgan fingerprint density at radius 2 is 1.96 bits per heavy atom. The van der Waals surface area contributed by atoms with E-state index in [0.717, 1.165) is 18.2 Å². The van der Waals surface area contributed by atoms with Gasteiger partial charge < -0.3 is 4.98 Å². The van der Waals surface area contributed by atoms with Gasteiger partial charge in [0.05, 0.1) is 5.02 Å². The number of hydrogen-bond donors (Lipinski definition) is 2. The second kappa shape index (κ2) is 7.50. The summed E-state index contributed by atoms with van der Waals surface area (Å²) < 4.78 is 40.6. The standard InChI is InChI=1S/C18H15ClFN3O3S/c1-2-13-10-17(24)22-18(21-13)11-4-3-5-14(8-11)23-27(25,26)16-7-6-12(20)9-15(16)19/h3-10,23H,2H2,1H3,(H,21,22,24). The molecule has 0 amide bonds. The highest BCUT2D eigenvalue weighted by molar-refractivity contribution is 7.92. The van der Waals surface area contributed by atoms with E-state index in [9.17, 15) is 17.6 Å². The molecule has 2 N–H and O–H groups in total. The minimum Gasteiger partial charge on any atom is -0.307 e. The van der Waals surface area contributed by atoms with E-state index in [0.29, 0.717) is 23.5 Å². The number of rotatable bonds is 5. The average molecular weight is 408 g/mol. The van der Waals surface area contributed by atoms with E-state index >= 15 is 0 Å². The maximum Gasteiger partial charge on any atom is 0.263 e. The quantitative estimate of drug-likeness (QED) is 0.676. The zero-order chi connectivity index (χ0) is 19.6. The summed E-state index contributed by atoms with van der Waals surface area (Å²) >= 11 is 5.85. The summed E-state index contributed by atoms with van der Waals surface area (Å²) in [5.74, 6) is -0.299. The summed E-state index contributed by atoms with van der Waals surface area (Å²) in [6.07, 6.45) is 0.590. The van der Waals surface area contributed by atoms with Crippen LogP contribution in [0.1, 0.15) is 12.6 Å². The van der Waals surface area contributed by atoms with Crippen LogP contribution < -0.4 is 10.3 Å². The predicted octanol–water partition coefficient (Wildman–Crippen LogP) is 3.59. The van der Waals surface area contributed by atoms with Crippen LogP contribution in [0.5, 0.6) is 0 Å². The number of H-pyrrole nitrogens is 1. The number of benzene rings is 2. The SMILES string of the molecule is CCc1cc(=O)[nH]c(-c2cccc(NS(=O)(=O)c3ccc(F)cc3Cl)c2)n1. The Labute approximate surface area is 160 Å². The summed E-state index contributed by atoms with van der Waals surface area (Å²) in [7, 11) is -4.02. The van der Waals surface area contributed by atoms with Crippen molar-refractivity contribution < 1.29 is 12.8 Å². The van der Waals surface area contributed by atoms with Crippen molar-refractivity contribution in [3.05, 3.63) is 75.4 Å². The molecule has 0 atom stereocenters. The molecule has 0 saturated carbocycles. The number of halogens is 2. The lowest BCUT2D eigenvalue weighted by atomic mass is 10.2. The van der Waals surface area contributed by atoms with Crippen LogP contribution in [0.3, 0.4) is 0 Å². The molecule has 3 rings (SSSR count). The van der Waals surface area contributed by atoms with Gasteiger partial charge in [0.2, 0.25) is 0 Å². The first kappa shape index (κ1) is 19.1. The molecule has 0 spiro atoms. The first-order chi connectivity index (χ1) is 12.8.